The van der Waals surface area contributed by atoms with E-state index in [1.807, 2.05) is 18.2 Å². The second-order valence-electron chi connectivity index (χ2n) is 3.58. The van der Waals surface area contributed by atoms with E-state index in [1.165, 1.54) is 0 Å². The molecule has 14 heavy (non-hydrogen) atoms. The summed E-state index contributed by atoms with van der Waals surface area (Å²) in [4.78, 5) is 15.5. The van der Waals surface area contributed by atoms with Crippen molar-refractivity contribution in [3.8, 4) is 0 Å². The minimum Gasteiger partial charge on any atom is -0.295 e. The Morgan fingerprint density at radius 1 is 1.14 bits per heavy atom. The number of hydrogen-bond donors (Lipinski definition) is 0. The largest absolute Gasteiger partial charge is 0.295 e. The molecular formula is C12H13NO. The molecule has 0 spiro atoms. The van der Waals surface area contributed by atoms with E-state index in [1.54, 1.807) is 12.4 Å². The molecule has 2 nitrogen and oxygen atoms in total. The lowest BCUT2D eigenvalue weighted by molar-refractivity contribution is -0.116. The second kappa shape index (κ2) is 4.18. The van der Waals surface area contributed by atoms with E-state index in [-0.39, 0.29) is 0 Å². The highest BCUT2D eigenvalue weighted by Crippen LogP contribution is 2.21. The Kier molecular flexibility index (Phi) is 2.73. The van der Waals surface area contributed by atoms with Crippen LogP contribution in [0.1, 0.15) is 31.2 Å². The lowest BCUT2D eigenvalue weighted by atomic mass is 9.92. The summed E-state index contributed by atoms with van der Waals surface area (Å²) >= 11 is 0. The minimum atomic E-state index is 0.313. The van der Waals surface area contributed by atoms with Gasteiger partial charge in [-0.1, -0.05) is 0 Å². The van der Waals surface area contributed by atoms with Gasteiger partial charge in [-0.3, -0.25) is 9.78 Å². The third kappa shape index (κ3) is 2.08. The van der Waals surface area contributed by atoms with E-state index in [9.17, 15) is 4.79 Å². The van der Waals surface area contributed by atoms with Gasteiger partial charge in [0.1, 0.15) is 0 Å². The number of carbonyl (C=O) groups is 1. The van der Waals surface area contributed by atoms with Crippen molar-refractivity contribution in [2.24, 2.45) is 0 Å². The maximum Gasteiger partial charge on any atom is 0.158 e. The first kappa shape index (κ1) is 9.13. The van der Waals surface area contributed by atoms with Gasteiger partial charge in [-0.2, -0.15) is 0 Å². The van der Waals surface area contributed by atoms with E-state index in [4.69, 9.17) is 0 Å². The highest BCUT2D eigenvalue weighted by molar-refractivity contribution is 6.00. The topological polar surface area (TPSA) is 30.0 Å². The molecule has 0 saturated heterocycles. The SMILES string of the molecule is O=C1CCCC/C1=C/c1ccncc1. The molecule has 0 amide bonds. The van der Waals surface area contributed by atoms with Crippen molar-refractivity contribution in [3.05, 3.63) is 35.7 Å². The molecular weight excluding hydrogens is 174 g/mol. The highest BCUT2D eigenvalue weighted by atomic mass is 16.1. The van der Waals surface area contributed by atoms with E-state index in [0.29, 0.717) is 5.78 Å². The van der Waals surface area contributed by atoms with Crippen LogP contribution in [-0.2, 0) is 4.79 Å². The predicted octanol–water partition coefficient (Wildman–Crippen LogP) is 2.61. The number of carbonyl (C=O) groups excluding carboxylic acids is 1. The van der Waals surface area contributed by atoms with Crippen LogP contribution in [0.15, 0.2) is 30.1 Å². The van der Waals surface area contributed by atoms with Crippen LogP contribution >= 0.6 is 0 Å². The Morgan fingerprint density at radius 3 is 2.57 bits per heavy atom. The van der Waals surface area contributed by atoms with Gasteiger partial charge < -0.3 is 0 Å². The van der Waals surface area contributed by atoms with Gasteiger partial charge in [0.05, 0.1) is 0 Å². The molecule has 1 fully saturated rings. The highest BCUT2D eigenvalue weighted by Gasteiger charge is 2.14. The maximum absolute atomic E-state index is 11.5. The number of rotatable bonds is 1. The van der Waals surface area contributed by atoms with Crippen molar-refractivity contribution in [2.75, 3.05) is 0 Å². The number of aromatic nitrogens is 1. The number of hydrogen-bond acceptors (Lipinski definition) is 2. The van der Waals surface area contributed by atoms with E-state index >= 15 is 0 Å². The quantitative estimate of drug-likeness (QED) is 0.632. The van der Waals surface area contributed by atoms with Crippen LogP contribution in [0.4, 0.5) is 0 Å². The van der Waals surface area contributed by atoms with Crippen molar-refractivity contribution in [2.45, 2.75) is 25.7 Å². The molecule has 1 aliphatic rings. The molecule has 1 aromatic rings. The molecule has 2 heteroatoms. The van der Waals surface area contributed by atoms with Crippen molar-refractivity contribution >= 4 is 11.9 Å². The summed E-state index contributed by atoms with van der Waals surface area (Å²) in [5.41, 5.74) is 2.05. The van der Waals surface area contributed by atoms with Gasteiger partial charge in [-0.05, 0) is 48.6 Å². The molecule has 1 aromatic heterocycles. The molecule has 0 bridgehead atoms. The van der Waals surface area contributed by atoms with E-state index in [2.05, 4.69) is 4.98 Å². The van der Waals surface area contributed by atoms with Crippen molar-refractivity contribution in [3.63, 3.8) is 0 Å². The van der Waals surface area contributed by atoms with Crippen molar-refractivity contribution in [1.29, 1.82) is 0 Å². The summed E-state index contributed by atoms with van der Waals surface area (Å²) in [7, 11) is 0. The normalized spacial score (nSPS) is 20.0. The summed E-state index contributed by atoms with van der Waals surface area (Å²) in [6, 6.07) is 3.85. The number of Topliss-reactive ketones (excluding diaryl/α,β-unsaturated/α-hetero) is 1. The smallest absolute Gasteiger partial charge is 0.158 e. The van der Waals surface area contributed by atoms with Gasteiger partial charge in [0, 0.05) is 18.8 Å². The molecule has 0 unspecified atom stereocenters. The Labute approximate surface area is 83.7 Å². The van der Waals surface area contributed by atoms with Gasteiger partial charge in [-0.25, -0.2) is 0 Å². The Hall–Kier alpha value is -1.44. The third-order valence-corrected chi connectivity index (χ3v) is 2.51. The van der Waals surface area contributed by atoms with Crippen molar-refractivity contribution < 1.29 is 4.79 Å². The van der Waals surface area contributed by atoms with Crippen LogP contribution in [0.25, 0.3) is 6.08 Å². The average molecular weight is 187 g/mol. The number of nitrogens with zero attached hydrogens (tertiary/aromatic N) is 1. The molecule has 0 aromatic carbocycles. The summed E-state index contributed by atoms with van der Waals surface area (Å²) in [6.07, 6.45) is 9.33. The predicted molar refractivity (Wildman–Crippen MR) is 55.7 cm³/mol. The Bertz CT molecular complexity index is 354. The molecule has 0 N–H and O–H groups in total. The fraction of sp³-hybridized carbons (Fsp3) is 0.333. The first-order valence-electron chi connectivity index (χ1n) is 5.00. The minimum absolute atomic E-state index is 0.313. The number of allylic oxidation sites excluding steroid dienone is 1. The van der Waals surface area contributed by atoms with Gasteiger partial charge in [0.2, 0.25) is 0 Å². The lowest BCUT2D eigenvalue weighted by Crippen LogP contribution is -2.07. The molecule has 72 valence electrons. The van der Waals surface area contributed by atoms with Crippen LogP contribution in [0.5, 0.6) is 0 Å². The van der Waals surface area contributed by atoms with Gasteiger partial charge in [-0.15, -0.1) is 0 Å². The fourth-order valence-electron chi connectivity index (χ4n) is 1.71. The monoisotopic (exact) mass is 187 g/mol. The molecule has 0 aliphatic heterocycles. The van der Waals surface area contributed by atoms with Gasteiger partial charge >= 0.3 is 0 Å². The summed E-state index contributed by atoms with van der Waals surface area (Å²) < 4.78 is 0. The van der Waals surface area contributed by atoms with Crippen LogP contribution < -0.4 is 0 Å². The maximum atomic E-state index is 11.5. The van der Waals surface area contributed by atoms with Crippen LogP contribution in [-0.4, -0.2) is 10.8 Å². The van der Waals surface area contributed by atoms with Crippen LogP contribution in [0, 0.1) is 0 Å². The number of ketones is 1. The zero-order valence-corrected chi connectivity index (χ0v) is 8.07. The number of pyridine rings is 1. The molecule has 1 saturated carbocycles. The van der Waals surface area contributed by atoms with Crippen LogP contribution in [0.2, 0.25) is 0 Å². The second-order valence-corrected chi connectivity index (χ2v) is 3.58. The summed E-state index contributed by atoms with van der Waals surface area (Å²) in [5.74, 6) is 0.313. The molecule has 0 radical (unpaired) electrons. The lowest BCUT2D eigenvalue weighted by Gasteiger charge is -2.12. The Balaban J connectivity index is 2.21. The Morgan fingerprint density at radius 2 is 1.86 bits per heavy atom. The molecule has 0 atom stereocenters. The van der Waals surface area contributed by atoms with Crippen LogP contribution in [0.3, 0.4) is 0 Å². The molecule has 1 aliphatic carbocycles. The zero-order valence-electron chi connectivity index (χ0n) is 8.07. The van der Waals surface area contributed by atoms with Gasteiger partial charge in [0.25, 0.3) is 0 Å². The van der Waals surface area contributed by atoms with Gasteiger partial charge in [0.15, 0.2) is 5.78 Å². The first-order chi connectivity index (χ1) is 6.86. The summed E-state index contributed by atoms with van der Waals surface area (Å²) in [5, 5.41) is 0. The van der Waals surface area contributed by atoms with E-state index in [0.717, 1.165) is 36.8 Å². The van der Waals surface area contributed by atoms with E-state index < -0.39 is 0 Å². The zero-order chi connectivity index (χ0) is 9.80. The average Bonchev–Trinajstić information content (AvgIpc) is 2.23. The fourth-order valence-corrected chi connectivity index (χ4v) is 1.71. The van der Waals surface area contributed by atoms with Crippen molar-refractivity contribution in [1.82, 2.24) is 4.98 Å². The molecule has 1 heterocycles. The summed E-state index contributed by atoms with van der Waals surface area (Å²) in [6.45, 7) is 0. The molecule has 2 rings (SSSR count). The standard InChI is InChI=1S/C12H13NO/c14-12-4-2-1-3-11(12)9-10-5-7-13-8-6-10/h5-9H,1-4H2/b11-9-. The third-order valence-electron chi connectivity index (χ3n) is 2.51. The first-order valence-corrected chi connectivity index (χ1v) is 5.00.